The Hall–Kier alpha value is -3.09. The molecule has 26 heavy (non-hydrogen) atoms. The Morgan fingerprint density at radius 1 is 1.23 bits per heavy atom. The minimum atomic E-state index is -0.563. The number of likely N-dealkylation sites (tertiary alicyclic amines) is 1. The summed E-state index contributed by atoms with van der Waals surface area (Å²) in [5.74, 6) is -0.896. The number of para-hydroxylation sites is 1. The zero-order valence-electron chi connectivity index (χ0n) is 14.5. The lowest BCUT2D eigenvalue weighted by Gasteiger charge is -2.18. The summed E-state index contributed by atoms with van der Waals surface area (Å²) in [4.78, 5) is 39.4. The van der Waals surface area contributed by atoms with Crippen LogP contribution in [0.3, 0.4) is 0 Å². The molecule has 3 rings (SSSR count). The number of carbonyl (C=O) groups is 3. The van der Waals surface area contributed by atoms with Gasteiger partial charge in [0.05, 0.1) is 18.7 Å². The van der Waals surface area contributed by atoms with Gasteiger partial charge in [0.15, 0.2) is 6.61 Å². The molecule has 2 heterocycles. The number of likely N-dealkylation sites (N-methyl/N-ethyl adjacent to an activating group) is 1. The van der Waals surface area contributed by atoms with Gasteiger partial charge in [0, 0.05) is 25.7 Å². The molecular weight excluding hydrogens is 336 g/mol. The van der Waals surface area contributed by atoms with Gasteiger partial charge in [-0.25, -0.2) is 0 Å². The molecule has 0 unspecified atom stereocenters. The molecule has 7 nitrogen and oxygen atoms in total. The highest BCUT2D eigenvalue weighted by Crippen LogP contribution is 2.21. The van der Waals surface area contributed by atoms with Crippen molar-refractivity contribution in [2.24, 2.45) is 5.92 Å². The van der Waals surface area contributed by atoms with Crippen molar-refractivity contribution in [3.63, 3.8) is 0 Å². The van der Waals surface area contributed by atoms with E-state index >= 15 is 0 Å². The number of esters is 1. The maximum absolute atomic E-state index is 12.2. The molecule has 0 radical (unpaired) electrons. The summed E-state index contributed by atoms with van der Waals surface area (Å²) >= 11 is 0. The van der Waals surface area contributed by atoms with E-state index in [4.69, 9.17) is 9.15 Å². The summed E-state index contributed by atoms with van der Waals surface area (Å²) in [5.41, 5.74) is 0.717. The predicted molar refractivity (Wildman–Crippen MR) is 93.0 cm³/mol. The first kappa shape index (κ1) is 17.7. The van der Waals surface area contributed by atoms with Crippen LogP contribution in [0.1, 0.15) is 12.2 Å². The molecule has 0 saturated carbocycles. The fourth-order valence-corrected chi connectivity index (χ4v) is 2.82. The van der Waals surface area contributed by atoms with Gasteiger partial charge >= 0.3 is 5.97 Å². The van der Waals surface area contributed by atoms with Crippen LogP contribution in [0.5, 0.6) is 0 Å². The highest BCUT2D eigenvalue weighted by Gasteiger charge is 2.36. The molecule has 1 aromatic carbocycles. The first-order valence-electron chi connectivity index (χ1n) is 8.33. The third kappa shape index (κ3) is 4.11. The van der Waals surface area contributed by atoms with Crippen molar-refractivity contribution in [3.8, 4) is 0 Å². The molecule has 1 aromatic heterocycles. The molecule has 0 N–H and O–H groups in total. The summed E-state index contributed by atoms with van der Waals surface area (Å²) in [7, 11) is 1.62. The summed E-state index contributed by atoms with van der Waals surface area (Å²) in [6.07, 6.45) is 1.62. The molecule has 1 atom stereocenters. The standard InChI is InChI=1S/C19H20N2O5/c1-20(15-6-3-2-4-7-15)18(23)13-26-19(24)14-10-17(22)21(11-14)12-16-8-5-9-25-16/h2-9,14H,10-13H2,1H3/t14-/m0/s1. The number of anilines is 1. The third-order valence-corrected chi connectivity index (χ3v) is 4.33. The summed E-state index contributed by atoms with van der Waals surface area (Å²) in [6.45, 7) is 0.236. The topological polar surface area (TPSA) is 80.1 Å². The van der Waals surface area contributed by atoms with Crippen LogP contribution < -0.4 is 4.90 Å². The number of furan rings is 1. The van der Waals surface area contributed by atoms with Gasteiger partial charge in [-0.15, -0.1) is 0 Å². The quantitative estimate of drug-likeness (QED) is 0.738. The first-order valence-corrected chi connectivity index (χ1v) is 8.33. The van der Waals surface area contributed by atoms with E-state index < -0.39 is 11.9 Å². The minimum Gasteiger partial charge on any atom is -0.467 e. The first-order chi connectivity index (χ1) is 12.5. The van der Waals surface area contributed by atoms with E-state index in [1.165, 1.54) is 11.2 Å². The molecule has 1 aliphatic heterocycles. The van der Waals surface area contributed by atoms with Crippen LogP contribution in [0.15, 0.2) is 53.1 Å². The molecule has 7 heteroatoms. The smallest absolute Gasteiger partial charge is 0.311 e. The van der Waals surface area contributed by atoms with Crippen LogP contribution >= 0.6 is 0 Å². The monoisotopic (exact) mass is 356 g/mol. The van der Waals surface area contributed by atoms with Crippen molar-refractivity contribution in [1.29, 1.82) is 0 Å². The van der Waals surface area contributed by atoms with E-state index in [1.54, 1.807) is 36.2 Å². The SMILES string of the molecule is CN(C(=O)COC(=O)[C@H]1CC(=O)N(Cc2ccco2)C1)c1ccccc1. The molecule has 136 valence electrons. The van der Waals surface area contributed by atoms with E-state index in [0.29, 0.717) is 18.0 Å². The lowest BCUT2D eigenvalue weighted by Crippen LogP contribution is -2.32. The number of carbonyl (C=O) groups excluding carboxylic acids is 3. The lowest BCUT2D eigenvalue weighted by molar-refractivity contribution is -0.151. The lowest BCUT2D eigenvalue weighted by atomic mass is 10.1. The van der Waals surface area contributed by atoms with Gasteiger partial charge < -0.3 is 19.0 Å². The van der Waals surface area contributed by atoms with Crippen LogP contribution in [0.4, 0.5) is 5.69 Å². The molecule has 0 bridgehead atoms. The van der Waals surface area contributed by atoms with E-state index in [9.17, 15) is 14.4 Å². The van der Waals surface area contributed by atoms with Gasteiger partial charge in [-0.2, -0.15) is 0 Å². The van der Waals surface area contributed by atoms with Gasteiger partial charge in [-0.05, 0) is 24.3 Å². The maximum Gasteiger partial charge on any atom is 0.311 e. The fourth-order valence-electron chi connectivity index (χ4n) is 2.82. The second kappa shape index (κ2) is 7.86. The molecule has 2 aromatic rings. The Kier molecular flexibility index (Phi) is 5.36. The van der Waals surface area contributed by atoms with Crippen molar-refractivity contribution >= 4 is 23.5 Å². The van der Waals surface area contributed by atoms with E-state index in [2.05, 4.69) is 0 Å². The number of nitrogens with zero attached hydrogens (tertiary/aromatic N) is 2. The van der Waals surface area contributed by atoms with Crippen molar-refractivity contribution in [2.75, 3.05) is 25.1 Å². The van der Waals surface area contributed by atoms with Crippen LogP contribution in [-0.2, 0) is 25.7 Å². The second-order valence-electron chi connectivity index (χ2n) is 6.15. The Morgan fingerprint density at radius 2 is 2.00 bits per heavy atom. The van der Waals surface area contributed by atoms with Gasteiger partial charge in [0.1, 0.15) is 5.76 Å². The highest BCUT2D eigenvalue weighted by atomic mass is 16.5. The molecule has 1 aliphatic rings. The number of rotatable bonds is 6. The van der Waals surface area contributed by atoms with Gasteiger partial charge in [0.2, 0.25) is 5.91 Å². The van der Waals surface area contributed by atoms with Crippen molar-refractivity contribution in [2.45, 2.75) is 13.0 Å². The number of hydrogen-bond donors (Lipinski definition) is 0. The molecular formula is C19H20N2O5. The fraction of sp³-hybridized carbons (Fsp3) is 0.316. The van der Waals surface area contributed by atoms with Crippen molar-refractivity contribution in [3.05, 3.63) is 54.5 Å². The highest BCUT2D eigenvalue weighted by molar-refractivity contribution is 5.95. The number of benzene rings is 1. The Bertz CT molecular complexity index is 772. The molecule has 2 amide bonds. The number of amides is 2. The summed E-state index contributed by atoms with van der Waals surface area (Å²) in [6, 6.07) is 12.6. The normalized spacial score (nSPS) is 16.6. The zero-order chi connectivity index (χ0) is 18.5. The molecule has 1 fully saturated rings. The van der Waals surface area contributed by atoms with Crippen LogP contribution in [0.25, 0.3) is 0 Å². The molecule has 0 spiro atoms. The summed E-state index contributed by atoms with van der Waals surface area (Å²) in [5, 5.41) is 0. The average molecular weight is 356 g/mol. The predicted octanol–water partition coefficient (Wildman–Crippen LogP) is 1.83. The maximum atomic E-state index is 12.2. The van der Waals surface area contributed by atoms with Gasteiger partial charge in [0.25, 0.3) is 5.91 Å². The van der Waals surface area contributed by atoms with Crippen LogP contribution in [0, 0.1) is 5.92 Å². The summed E-state index contributed by atoms with van der Waals surface area (Å²) < 4.78 is 10.4. The third-order valence-electron chi connectivity index (χ3n) is 4.33. The van der Waals surface area contributed by atoms with E-state index in [1.807, 2.05) is 18.2 Å². The van der Waals surface area contributed by atoms with E-state index in [0.717, 1.165) is 0 Å². The minimum absolute atomic E-state index is 0.0856. The van der Waals surface area contributed by atoms with Crippen LogP contribution in [0.2, 0.25) is 0 Å². The molecule has 0 aliphatic carbocycles. The van der Waals surface area contributed by atoms with Gasteiger partial charge in [-0.1, -0.05) is 18.2 Å². The number of ether oxygens (including phenoxy) is 1. The van der Waals surface area contributed by atoms with Crippen LogP contribution in [-0.4, -0.2) is 42.9 Å². The zero-order valence-corrected chi connectivity index (χ0v) is 14.5. The Balaban J connectivity index is 1.49. The average Bonchev–Trinajstić information content (AvgIpc) is 3.30. The van der Waals surface area contributed by atoms with Crippen molar-refractivity contribution in [1.82, 2.24) is 4.90 Å². The largest absolute Gasteiger partial charge is 0.467 e. The van der Waals surface area contributed by atoms with E-state index in [-0.39, 0.29) is 31.4 Å². The second-order valence-corrected chi connectivity index (χ2v) is 6.15. The van der Waals surface area contributed by atoms with Crippen molar-refractivity contribution < 1.29 is 23.5 Å². The number of hydrogen-bond acceptors (Lipinski definition) is 5. The Labute approximate surface area is 151 Å². The Morgan fingerprint density at radius 3 is 2.69 bits per heavy atom. The molecule has 1 saturated heterocycles. The van der Waals surface area contributed by atoms with Gasteiger partial charge in [-0.3, -0.25) is 14.4 Å².